The predicted octanol–water partition coefficient (Wildman–Crippen LogP) is 4.00. The maximum Gasteiger partial charge on any atom is 0.120 e. The third kappa shape index (κ3) is 2.92. The quantitative estimate of drug-likeness (QED) is 0.902. The van der Waals surface area contributed by atoms with Crippen LogP contribution in [0.4, 0.5) is 0 Å². The van der Waals surface area contributed by atoms with E-state index in [4.69, 9.17) is 4.74 Å². The van der Waals surface area contributed by atoms with Crippen LogP contribution in [0.25, 0.3) is 10.4 Å². The molecule has 96 valence electrons. The largest absolute Gasteiger partial charge is 0.491 e. The van der Waals surface area contributed by atoms with Gasteiger partial charge in [-0.1, -0.05) is 0 Å². The monoisotopic (exact) mass is 262 g/mol. The van der Waals surface area contributed by atoms with E-state index < -0.39 is 0 Å². The highest BCUT2D eigenvalue weighted by molar-refractivity contribution is 7.13. The number of thiophene rings is 1. The first kappa shape index (κ1) is 13.1. The van der Waals surface area contributed by atoms with Crippen LogP contribution in [-0.4, -0.2) is 11.2 Å². The first-order chi connectivity index (χ1) is 8.60. The fourth-order valence-electron chi connectivity index (χ4n) is 1.86. The Hall–Kier alpha value is -1.32. The molecule has 2 aromatic rings. The summed E-state index contributed by atoms with van der Waals surface area (Å²) in [5, 5.41) is 11.6. The molecule has 0 atom stereocenters. The Balaban J connectivity index is 2.37. The minimum atomic E-state index is 0.0293. The lowest BCUT2D eigenvalue weighted by molar-refractivity contribution is 0.240. The van der Waals surface area contributed by atoms with E-state index in [1.165, 1.54) is 10.4 Å². The Bertz CT molecular complexity index is 529. The van der Waals surface area contributed by atoms with Crippen molar-refractivity contribution in [3.63, 3.8) is 0 Å². The average molecular weight is 262 g/mol. The fraction of sp³-hybridized carbons (Fsp3) is 0.333. The second-order valence-electron chi connectivity index (χ2n) is 4.63. The third-order valence-electron chi connectivity index (χ3n) is 2.61. The Morgan fingerprint density at radius 1 is 1.28 bits per heavy atom. The van der Waals surface area contributed by atoms with Gasteiger partial charge in [-0.15, -0.1) is 11.3 Å². The van der Waals surface area contributed by atoms with Gasteiger partial charge in [0.25, 0.3) is 0 Å². The summed E-state index contributed by atoms with van der Waals surface area (Å²) in [6, 6.07) is 8.05. The second-order valence-corrected chi connectivity index (χ2v) is 5.54. The fourth-order valence-corrected chi connectivity index (χ4v) is 2.82. The highest BCUT2D eigenvalue weighted by Gasteiger charge is 2.09. The number of aliphatic hydroxyl groups is 1. The summed E-state index contributed by atoms with van der Waals surface area (Å²) in [6.07, 6.45) is 0.145. The van der Waals surface area contributed by atoms with Gasteiger partial charge in [0.2, 0.25) is 0 Å². The van der Waals surface area contributed by atoms with Crippen molar-refractivity contribution in [3.05, 3.63) is 40.8 Å². The molecule has 18 heavy (non-hydrogen) atoms. The number of hydrogen-bond donors (Lipinski definition) is 1. The van der Waals surface area contributed by atoms with Gasteiger partial charge in [0.05, 0.1) is 12.7 Å². The van der Waals surface area contributed by atoms with Crippen LogP contribution in [0.5, 0.6) is 5.75 Å². The zero-order chi connectivity index (χ0) is 13.1. The van der Waals surface area contributed by atoms with Crippen LogP contribution < -0.4 is 4.74 Å². The van der Waals surface area contributed by atoms with Crippen molar-refractivity contribution < 1.29 is 9.84 Å². The summed E-state index contributed by atoms with van der Waals surface area (Å²) in [5.41, 5.74) is 3.25. The van der Waals surface area contributed by atoms with Gasteiger partial charge < -0.3 is 9.84 Å². The van der Waals surface area contributed by atoms with Gasteiger partial charge in [0.15, 0.2) is 0 Å². The Labute approximate surface area is 112 Å². The molecule has 0 amide bonds. The van der Waals surface area contributed by atoms with Crippen molar-refractivity contribution >= 4 is 11.3 Å². The molecule has 0 aliphatic heterocycles. The van der Waals surface area contributed by atoms with E-state index in [0.29, 0.717) is 0 Å². The van der Waals surface area contributed by atoms with E-state index in [0.717, 1.165) is 16.9 Å². The SMILES string of the molecule is Cc1csc(-c2ccc(OC(C)C)cc2CO)c1. The van der Waals surface area contributed by atoms with Crippen LogP contribution in [0.2, 0.25) is 0 Å². The first-order valence-electron chi connectivity index (χ1n) is 6.06. The smallest absolute Gasteiger partial charge is 0.120 e. The number of ether oxygens (including phenoxy) is 1. The predicted molar refractivity (Wildman–Crippen MR) is 76.2 cm³/mol. The van der Waals surface area contributed by atoms with Gasteiger partial charge in [-0.2, -0.15) is 0 Å². The normalized spacial score (nSPS) is 10.9. The zero-order valence-corrected chi connectivity index (χ0v) is 11.8. The molecule has 0 radical (unpaired) electrons. The number of hydrogen-bond acceptors (Lipinski definition) is 3. The second kappa shape index (κ2) is 5.55. The summed E-state index contributed by atoms with van der Waals surface area (Å²) < 4.78 is 5.65. The topological polar surface area (TPSA) is 29.5 Å². The molecular weight excluding hydrogens is 244 g/mol. The van der Waals surface area contributed by atoms with E-state index in [-0.39, 0.29) is 12.7 Å². The highest BCUT2D eigenvalue weighted by Crippen LogP contribution is 2.32. The molecule has 1 aromatic carbocycles. The summed E-state index contributed by atoms with van der Waals surface area (Å²) in [7, 11) is 0. The van der Waals surface area contributed by atoms with Crippen molar-refractivity contribution in [2.45, 2.75) is 33.5 Å². The Morgan fingerprint density at radius 3 is 2.61 bits per heavy atom. The number of aryl methyl sites for hydroxylation is 1. The maximum atomic E-state index is 9.49. The third-order valence-corrected chi connectivity index (χ3v) is 3.70. The summed E-state index contributed by atoms with van der Waals surface area (Å²) in [5.74, 6) is 0.811. The van der Waals surface area contributed by atoms with Crippen molar-refractivity contribution in [1.29, 1.82) is 0 Å². The van der Waals surface area contributed by atoms with Gasteiger partial charge in [-0.05, 0) is 67.1 Å². The minimum Gasteiger partial charge on any atom is -0.491 e. The lowest BCUT2D eigenvalue weighted by Gasteiger charge is -2.12. The molecule has 2 rings (SSSR count). The van der Waals surface area contributed by atoms with E-state index in [2.05, 4.69) is 18.4 Å². The molecule has 1 N–H and O–H groups in total. The van der Waals surface area contributed by atoms with Crippen LogP contribution >= 0.6 is 11.3 Å². The molecule has 1 heterocycles. The summed E-state index contributed by atoms with van der Waals surface area (Å²) in [4.78, 5) is 1.19. The molecule has 0 bridgehead atoms. The summed E-state index contributed by atoms with van der Waals surface area (Å²) >= 11 is 1.70. The van der Waals surface area contributed by atoms with Gasteiger partial charge in [-0.25, -0.2) is 0 Å². The molecule has 0 saturated carbocycles. The van der Waals surface area contributed by atoms with Gasteiger partial charge in [-0.3, -0.25) is 0 Å². The molecule has 0 fully saturated rings. The van der Waals surface area contributed by atoms with Gasteiger partial charge >= 0.3 is 0 Å². The first-order valence-corrected chi connectivity index (χ1v) is 6.94. The maximum absolute atomic E-state index is 9.49. The van der Waals surface area contributed by atoms with Crippen LogP contribution in [0.3, 0.4) is 0 Å². The molecule has 2 nitrogen and oxygen atoms in total. The van der Waals surface area contributed by atoms with Crippen LogP contribution in [0, 0.1) is 6.92 Å². The molecule has 0 unspecified atom stereocenters. The van der Waals surface area contributed by atoms with Gasteiger partial charge in [0.1, 0.15) is 5.75 Å². The average Bonchev–Trinajstić information content (AvgIpc) is 2.74. The summed E-state index contributed by atoms with van der Waals surface area (Å²) in [6.45, 7) is 6.10. The Kier molecular flexibility index (Phi) is 4.04. The minimum absolute atomic E-state index is 0.0293. The Morgan fingerprint density at radius 2 is 2.06 bits per heavy atom. The molecule has 0 saturated heterocycles. The van der Waals surface area contributed by atoms with E-state index in [9.17, 15) is 5.11 Å². The molecule has 3 heteroatoms. The van der Waals surface area contributed by atoms with E-state index in [1.54, 1.807) is 11.3 Å². The van der Waals surface area contributed by atoms with Crippen molar-refractivity contribution in [2.24, 2.45) is 0 Å². The zero-order valence-electron chi connectivity index (χ0n) is 10.9. The van der Waals surface area contributed by atoms with Crippen molar-refractivity contribution in [3.8, 4) is 16.2 Å². The van der Waals surface area contributed by atoms with Gasteiger partial charge in [0, 0.05) is 4.88 Å². The standard InChI is InChI=1S/C15H18O2S/c1-10(2)17-13-4-5-14(12(7-13)8-16)15-6-11(3)9-18-15/h4-7,9-10,16H,8H2,1-3H3. The number of aliphatic hydroxyl groups excluding tert-OH is 1. The van der Waals surface area contributed by atoms with Crippen LogP contribution in [0.15, 0.2) is 29.6 Å². The molecule has 0 aliphatic rings. The highest BCUT2D eigenvalue weighted by atomic mass is 32.1. The van der Waals surface area contributed by atoms with E-state index >= 15 is 0 Å². The molecular formula is C15H18O2S. The molecule has 0 spiro atoms. The number of rotatable bonds is 4. The number of benzene rings is 1. The van der Waals surface area contributed by atoms with Crippen LogP contribution in [-0.2, 0) is 6.61 Å². The van der Waals surface area contributed by atoms with E-state index in [1.807, 2.05) is 32.0 Å². The van der Waals surface area contributed by atoms with Crippen LogP contribution in [0.1, 0.15) is 25.0 Å². The van der Waals surface area contributed by atoms with Crippen molar-refractivity contribution in [2.75, 3.05) is 0 Å². The molecule has 0 aliphatic carbocycles. The lowest BCUT2D eigenvalue weighted by atomic mass is 10.1. The molecule has 1 aromatic heterocycles. The van der Waals surface area contributed by atoms with Crippen molar-refractivity contribution in [1.82, 2.24) is 0 Å². The lowest BCUT2D eigenvalue weighted by Crippen LogP contribution is -2.05.